The van der Waals surface area contributed by atoms with Gasteiger partial charge >= 0.3 is 6.18 Å². The smallest absolute Gasteiger partial charge is 0.416 e. The van der Waals surface area contributed by atoms with Crippen LogP contribution in [0.25, 0.3) is 0 Å². The number of hydrogen-bond donors (Lipinski definition) is 2. The van der Waals surface area contributed by atoms with Crippen LogP contribution in [0.4, 0.5) is 13.2 Å². The first-order chi connectivity index (χ1) is 16.5. The van der Waals surface area contributed by atoms with E-state index in [1.54, 1.807) is 0 Å². The molecule has 2 N–H and O–H groups in total. The first-order valence-electron chi connectivity index (χ1n) is 10.4. The Kier molecular flexibility index (Phi) is 9.74. The van der Waals surface area contributed by atoms with Crippen molar-refractivity contribution >= 4 is 15.9 Å². The number of benzene rings is 2. The van der Waals surface area contributed by atoms with E-state index >= 15 is 0 Å². The molecule has 1 saturated heterocycles. The molecule has 1 fully saturated rings. The van der Waals surface area contributed by atoms with Gasteiger partial charge in [0.15, 0.2) is 11.5 Å². The van der Waals surface area contributed by atoms with E-state index in [-0.39, 0.29) is 22.0 Å². The quantitative estimate of drug-likeness (QED) is 0.441. The zero-order valence-corrected chi connectivity index (χ0v) is 20.2. The summed E-state index contributed by atoms with van der Waals surface area (Å²) in [7, 11) is 0.193. The maximum atomic E-state index is 12.9. The number of amides is 1. The third kappa shape index (κ3) is 6.77. The van der Waals surface area contributed by atoms with Crippen LogP contribution in [0.1, 0.15) is 35.2 Å². The fraction of sp³-hybridized carbons (Fsp3) is 0.409. The monoisotopic (exact) mass is 520 g/mol. The van der Waals surface area contributed by atoms with Crippen LogP contribution in [0, 0.1) is 0 Å². The van der Waals surface area contributed by atoms with Crippen molar-refractivity contribution in [2.75, 3.05) is 34.4 Å². The van der Waals surface area contributed by atoms with Crippen molar-refractivity contribution in [2.45, 2.75) is 30.3 Å². The molecular weight excluding hydrogens is 493 g/mol. The number of hydrogen-bond acceptors (Lipinski definition) is 7. The van der Waals surface area contributed by atoms with Gasteiger partial charge in [-0.3, -0.25) is 10.0 Å². The molecule has 2 aromatic rings. The standard InChI is InChI=1S/C14H20N2O6S.C8H7F3O/c1-21-10-6-7-11(12(13(10)22-2)14(17)15-18)23(19,20)16-8-4-3-5-9-16;1-12-7-4-2-6(3-5-7)8(9,10)11/h6-7,18H,3-5,8-9H2,1-2H3,(H,15,17);2-5H,1H3. The summed E-state index contributed by atoms with van der Waals surface area (Å²) in [6.45, 7) is 0.799. The lowest BCUT2D eigenvalue weighted by Gasteiger charge is -2.27. The molecule has 1 aliphatic rings. The van der Waals surface area contributed by atoms with Crippen LogP contribution in [-0.2, 0) is 16.2 Å². The van der Waals surface area contributed by atoms with E-state index in [1.165, 1.54) is 55.4 Å². The minimum atomic E-state index is -4.27. The van der Waals surface area contributed by atoms with Crippen LogP contribution < -0.4 is 19.7 Å². The molecule has 1 aliphatic heterocycles. The number of carbonyl (C=O) groups excluding carboxylic acids is 1. The van der Waals surface area contributed by atoms with Crippen molar-refractivity contribution < 1.29 is 45.8 Å². The zero-order chi connectivity index (χ0) is 26.2. The van der Waals surface area contributed by atoms with Gasteiger partial charge in [-0.2, -0.15) is 17.5 Å². The molecule has 0 radical (unpaired) electrons. The second kappa shape index (κ2) is 12.1. The topological polar surface area (TPSA) is 114 Å². The molecule has 0 aromatic heterocycles. The molecule has 0 atom stereocenters. The highest BCUT2D eigenvalue weighted by molar-refractivity contribution is 7.89. The van der Waals surface area contributed by atoms with Crippen molar-refractivity contribution in [1.29, 1.82) is 0 Å². The Balaban J connectivity index is 0.000000303. The molecule has 0 unspecified atom stereocenters. The van der Waals surface area contributed by atoms with Gasteiger partial charge in [0.2, 0.25) is 10.0 Å². The van der Waals surface area contributed by atoms with Gasteiger partial charge in [-0.15, -0.1) is 0 Å². The Morgan fingerprint density at radius 2 is 1.54 bits per heavy atom. The van der Waals surface area contributed by atoms with Gasteiger partial charge < -0.3 is 14.2 Å². The molecule has 194 valence electrons. The van der Waals surface area contributed by atoms with Crippen molar-refractivity contribution in [3.05, 3.63) is 47.5 Å². The van der Waals surface area contributed by atoms with E-state index in [0.717, 1.165) is 31.4 Å². The Morgan fingerprint density at radius 1 is 0.943 bits per heavy atom. The van der Waals surface area contributed by atoms with E-state index in [4.69, 9.17) is 19.4 Å². The molecule has 3 rings (SSSR count). The number of nitrogens with zero attached hydrogens (tertiary/aromatic N) is 1. The van der Waals surface area contributed by atoms with E-state index in [2.05, 4.69) is 0 Å². The van der Waals surface area contributed by atoms with Gasteiger partial charge in [0, 0.05) is 13.1 Å². The van der Waals surface area contributed by atoms with Crippen LogP contribution in [0.5, 0.6) is 17.2 Å². The number of carbonyl (C=O) groups is 1. The van der Waals surface area contributed by atoms with Crippen molar-refractivity contribution in [1.82, 2.24) is 9.79 Å². The molecule has 0 spiro atoms. The van der Waals surface area contributed by atoms with Crippen LogP contribution in [-0.4, -0.2) is 58.3 Å². The maximum Gasteiger partial charge on any atom is 0.416 e. The lowest BCUT2D eigenvalue weighted by molar-refractivity contribution is -0.137. The van der Waals surface area contributed by atoms with Gasteiger partial charge in [-0.1, -0.05) is 6.42 Å². The predicted octanol–water partition coefficient (Wildman–Crippen LogP) is 3.71. The number of rotatable bonds is 6. The molecule has 1 heterocycles. The highest BCUT2D eigenvalue weighted by atomic mass is 32.2. The van der Waals surface area contributed by atoms with E-state index < -0.39 is 27.7 Å². The van der Waals surface area contributed by atoms with Crippen LogP contribution in [0.3, 0.4) is 0 Å². The third-order valence-corrected chi connectivity index (χ3v) is 7.13. The number of ether oxygens (including phenoxy) is 3. The third-order valence-electron chi connectivity index (χ3n) is 5.19. The first kappa shape index (κ1) is 28.2. The molecule has 9 nitrogen and oxygen atoms in total. The van der Waals surface area contributed by atoms with Crippen LogP contribution in [0.2, 0.25) is 0 Å². The summed E-state index contributed by atoms with van der Waals surface area (Å²) >= 11 is 0. The summed E-state index contributed by atoms with van der Waals surface area (Å²) in [6, 6.07) is 7.24. The Morgan fingerprint density at radius 3 is 2.00 bits per heavy atom. The summed E-state index contributed by atoms with van der Waals surface area (Å²) in [6.07, 6.45) is -1.75. The lowest BCUT2D eigenvalue weighted by Crippen LogP contribution is -2.37. The second-order valence-electron chi connectivity index (χ2n) is 7.31. The lowest BCUT2D eigenvalue weighted by atomic mass is 10.1. The van der Waals surface area contributed by atoms with Gasteiger partial charge in [-0.05, 0) is 49.2 Å². The average molecular weight is 521 g/mol. The normalized spacial score (nSPS) is 14.4. The number of hydroxylamine groups is 1. The van der Waals surface area contributed by atoms with Crippen LogP contribution >= 0.6 is 0 Å². The van der Waals surface area contributed by atoms with E-state index in [0.29, 0.717) is 18.8 Å². The van der Waals surface area contributed by atoms with Crippen LogP contribution in [0.15, 0.2) is 41.3 Å². The van der Waals surface area contributed by atoms with Crippen molar-refractivity contribution in [3.63, 3.8) is 0 Å². The molecule has 13 heteroatoms. The Labute approximate surface area is 201 Å². The average Bonchev–Trinajstić information content (AvgIpc) is 2.87. The molecule has 2 aromatic carbocycles. The highest BCUT2D eigenvalue weighted by Gasteiger charge is 2.33. The van der Waals surface area contributed by atoms with Gasteiger partial charge in [0.1, 0.15) is 11.3 Å². The Bertz CT molecular complexity index is 1100. The second-order valence-corrected chi connectivity index (χ2v) is 9.21. The fourth-order valence-electron chi connectivity index (χ4n) is 3.42. The summed E-state index contributed by atoms with van der Waals surface area (Å²) in [4.78, 5) is 11.8. The Hall–Kier alpha value is -3.03. The summed E-state index contributed by atoms with van der Waals surface area (Å²) in [5.74, 6) is -0.403. The zero-order valence-electron chi connectivity index (χ0n) is 19.4. The molecular formula is C22H27F3N2O7S. The van der Waals surface area contributed by atoms with Gasteiger partial charge in [0.25, 0.3) is 5.91 Å². The van der Waals surface area contributed by atoms with Crippen molar-refractivity contribution in [2.24, 2.45) is 0 Å². The summed E-state index contributed by atoms with van der Waals surface area (Å²) < 4.78 is 78.0. The maximum absolute atomic E-state index is 12.9. The fourth-order valence-corrected chi connectivity index (χ4v) is 5.12. The SMILES string of the molecule is COc1ccc(C(F)(F)F)cc1.COc1ccc(S(=O)(=O)N2CCCCC2)c(C(=O)NO)c1OC. The molecule has 35 heavy (non-hydrogen) atoms. The largest absolute Gasteiger partial charge is 0.497 e. The van der Waals surface area contributed by atoms with Crippen molar-refractivity contribution in [3.8, 4) is 17.2 Å². The predicted molar refractivity (Wildman–Crippen MR) is 119 cm³/mol. The minimum Gasteiger partial charge on any atom is -0.497 e. The highest BCUT2D eigenvalue weighted by Crippen LogP contribution is 2.37. The number of alkyl halides is 3. The molecule has 0 aliphatic carbocycles. The van der Waals surface area contributed by atoms with E-state index in [1.807, 2.05) is 0 Å². The number of halogens is 3. The van der Waals surface area contributed by atoms with E-state index in [9.17, 15) is 26.4 Å². The minimum absolute atomic E-state index is 0.0443. The number of nitrogens with one attached hydrogen (secondary N) is 1. The number of methoxy groups -OCH3 is 3. The molecule has 0 bridgehead atoms. The molecule has 0 saturated carbocycles. The number of sulfonamides is 1. The molecule has 1 amide bonds. The van der Waals surface area contributed by atoms with Gasteiger partial charge in [0.05, 0.1) is 31.8 Å². The summed E-state index contributed by atoms with van der Waals surface area (Å²) in [5, 5.41) is 8.97. The number of piperidine rings is 1. The van der Waals surface area contributed by atoms with Gasteiger partial charge in [-0.25, -0.2) is 13.9 Å². The first-order valence-corrected chi connectivity index (χ1v) is 11.9. The summed E-state index contributed by atoms with van der Waals surface area (Å²) in [5.41, 5.74) is 0.524.